The number of nitrogens with zero attached hydrogens (tertiary/aromatic N) is 2. The van der Waals surface area contributed by atoms with Crippen LogP contribution in [0, 0.1) is 6.92 Å². The Morgan fingerprint density at radius 2 is 1.12 bits per heavy atom. The number of hydrogen-bond donors (Lipinski definition) is 0. The van der Waals surface area contributed by atoms with Gasteiger partial charge in [-0.25, -0.2) is 0 Å². The fourth-order valence-electron chi connectivity index (χ4n) is 6.98. The van der Waals surface area contributed by atoms with Crippen molar-refractivity contribution in [2.24, 2.45) is 0 Å². The van der Waals surface area contributed by atoms with E-state index in [-0.39, 0.29) is 6.71 Å². The molecule has 156 valence electrons. The number of aromatic nitrogens is 2. The van der Waals surface area contributed by atoms with Crippen molar-refractivity contribution in [1.29, 1.82) is 0 Å². The SMILES string of the molecule is Cc1cc2c3c(c1)c1ccccc1n3-c1cccc3c1B2c1cccc2c4ccccc4n-3c12. The Kier molecular flexibility index (Phi) is 2.86. The number of hydrogen-bond acceptors (Lipinski definition) is 0. The van der Waals surface area contributed by atoms with Crippen LogP contribution in [0.4, 0.5) is 0 Å². The van der Waals surface area contributed by atoms with E-state index in [0.29, 0.717) is 0 Å². The summed E-state index contributed by atoms with van der Waals surface area (Å²) in [5.74, 6) is 0. The Balaban J connectivity index is 1.59. The maximum absolute atomic E-state index is 2.52. The van der Waals surface area contributed by atoms with Crippen LogP contribution in [0.2, 0.25) is 0 Å². The van der Waals surface area contributed by atoms with E-state index in [1.807, 2.05) is 0 Å². The van der Waals surface area contributed by atoms with Gasteiger partial charge in [0.1, 0.15) is 0 Å². The summed E-state index contributed by atoms with van der Waals surface area (Å²) in [6.07, 6.45) is 0. The molecule has 5 aromatic carbocycles. The zero-order chi connectivity index (χ0) is 22.1. The first-order chi connectivity index (χ1) is 16.8. The zero-order valence-corrected chi connectivity index (χ0v) is 18.7. The van der Waals surface area contributed by atoms with Crippen molar-refractivity contribution >= 4 is 66.7 Å². The Morgan fingerprint density at radius 3 is 1.85 bits per heavy atom. The van der Waals surface area contributed by atoms with Gasteiger partial charge in [-0.3, -0.25) is 0 Å². The van der Waals surface area contributed by atoms with Crippen LogP contribution in [-0.2, 0) is 0 Å². The van der Waals surface area contributed by atoms with Gasteiger partial charge in [0.25, 0.3) is 6.71 Å². The molecule has 0 spiro atoms. The fraction of sp³-hybridized carbons (Fsp3) is 0.0323. The highest BCUT2D eigenvalue weighted by Crippen LogP contribution is 2.38. The minimum Gasteiger partial charge on any atom is -0.310 e. The van der Waals surface area contributed by atoms with Crippen LogP contribution in [0.3, 0.4) is 0 Å². The predicted molar refractivity (Wildman–Crippen MR) is 145 cm³/mol. The molecule has 0 radical (unpaired) electrons. The minimum absolute atomic E-state index is 0.228. The molecule has 7 aromatic rings. The smallest absolute Gasteiger partial charge is 0.252 e. The topological polar surface area (TPSA) is 9.86 Å². The van der Waals surface area contributed by atoms with Gasteiger partial charge in [0, 0.05) is 44.0 Å². The fourth-order valence-corrected chi connectivity index (χ4v) is 6.98. The van der Waals surface area contributed by atoms with E-state index in [1.54, 1.807) is 0 Å². The third kappa shape index (κ3) is 1.78. The molecular weight excluding hydrogens is 411 g/mol. The summed E-state index contributed by atoms with van der Waals surface area (Å²) in [4.78, 5) is 0. The summed E-state index contributed by atoms with van der Waals surface area (Å²) < 4.78 is 5.03. The highest BCUT2D eigenvalue weighted by atomic mass is 15.0. The van der Waals surface area contributed by atoms with E-state index < -0.39 is 0 Å². The summed E-state index contributed by atoms with van der Waals surface area (Å²) in [5.41, 5.74) is 13.5. The standard InChI is InChI=1S/C31H19BN2/c1-18-16-22-20-9-3-5-13-26(20)34-28-15-7-14-27-29(28)32(24(17-18)31(22)34)23-11-6-10-21-19-8-2-4-12-25(19)33(27)30(21)23/h2-17H,1H3. The van der Waals surface area contributed by atoms with Crippen LogP contribution < -0.4 is 16.4 Å². The van der Waals surface area contributed by atoms with Gasteiger partial charge in [0.2, 0.25) is 0 Å². The molecule has 4 heterocycles. The van der Waals surface area contributed by atoms with Crippen LogP contribution in [0.5, 0.6) is 0 Å². The molecule has 0 saturated heterocycles. The Bertz CT molecular complexity index is 2040. The molecule has 0 unspecified atom stereocenters. The van der Waals surface area contributed by atoms with Crippen molar-refractivity contribution in [2.45, 2.75) is 6.92 Å². The summed E-state index contributed by atoms with van der Waals surface area (Å²) in [6.45, 7) is 2.47. The summed E-state index contributed by atoms with van der Waals surface area (Å²) in [5, 5.41) is 5.37. The molecule has 3 heteroatoms. The minimum atomic E-state index is 0.228. The predicted octanol–water partition coefficient (Wildman–Crippen LogP) is 5.33. The van der Waals surface area contributed by atoms with Crippen LogP contribution in [0.25, 0.3) is 55.0 Å². The van der Waals surface area contributed by atoms with E-state index in [2.05, 4.69) is 113 Å². The van der Waals surface area contributed by atoms with Crippen LogP contribution >= 0.6 is 0 Å². The van der Waals surface area contributed by atoms with Crippen LogP contribution in [0.1, 0.15) is 5.56 Å². The zero-order valence-electron chi connectivity index (χ0n) is 18.7. The van der Waals surface area contributed by atoms with E-state index in [4.69, 9.17) is 0 Å². The Hall–Kier alpha value is -4.24. The van der Waals surface area contributed by atoms with Gasteiger partial charge >= 0.3 is 0 Å². The average molecular weight is 430 g/mol. The normalized spacial score (nSPS) is 13.4. The molecule has 0 atom stereocenters. The maximum Gasteiger partial charge on any atom is 0.252 e. The van der Waals surface area contributed by atoms with E-state index in [1.165, 1.54) is 76.9 Å². The monoisotopic (exact) mass is 430 g/mol. The van der Waals surface area contributed by atoms with Crippen molar-refractivity contribution in [3.05, 3.63) is 103 Å². The van der Waals surface area contributed by atoms with Gasteiger partial charge in [-0.15, -0.1) is 0 Å². The highest BCUT2D eigenvalue weighted by molar-refractivity contribution is 7.00. The first-order valence-corrected chi connectivity index (χ1v) is 12.0. The number of para-hydroxylation sites is 3. The number of rotatable bonds is 0. The van der Waals surface area contributed by atoms with Crippen molar-refractivity contribution in [3.8, 4) is 11.4 Å². The van der Waals surface area contributed by atoms with Gasteiger partial charge in [-0.05, 0) is 53.6 Å². The van der Waals surface area contributed by atoms with Gasteiger partial charge in [-0.2, -0.15) is 0 Å². The second-order valence-corrected chi connectivity index (χ2v) is 9.84. The van der Waals surface area contributed by atoms with Crippen LogP contribution in [-0.4, -0.2) is 15.8 Å². The summed E-state index contributed by atoms with van der Waals surface area (Å²) >= 11 is 0. The second-order valence-electron chi connectivity index (χ2n) is 9.84. The number of fused-ring (bicyclic) bond motifs is 10. The molecule has 0 bridgehead atoms. The first-order valence-electron chi connectivity index (χ1n) is 12.0. The summed E-state index contributed by atoms with van der Waals surface area (Å²) in [6, 6.07) is 36.3. The third-order valence-corrected chi connectivity index (χ3v) is 8.12. The summed E-state index contributed by atoms with van der Waals surface area (Å²) in [7, 11) is 0. The lowest BCUT2D eigenvalue weighted by Crippen LogP contribution is -2.59. The van der Waals surface area contributed by atoms with Gasteiger partial charge < -0.3 is 9.13 Å². The molecule has 0 amide bonds. The second kappa shape index (κ2) is 5.63. The average Bonchev–Trinajstić information content (AvgIpc) is 3.39. The largest absolute Gasteiger partial charge is 0.310 e. The molecule has 0 fully saturated rings. The van der Waals surface area contributed by atoms with E-state index in [0.717, 1.165) is 0 Å². The van der Waals surface area contributed by atoms with E-state index >= 15 is 0 Å². The molecule has 0 N–H and O–H groups in total. The molecule has 2 nitrogen and oxygen atoms in total. The van der Waals surface area contributed by atoms with Crippen molar-refractivity contribution in [1.82, 2.24) is 9.13 Å². The third-order valence-electron chi connectivity index (χ3n) is 8.12. The molecule has 2 aliphatic rings. The molecule has 0 saturated carbocycles. The Labute approximate surface area is 196 Å². The Morgan fingerprint density at radius 1 is 0.529 bits per heavy atom. The number of aryl methyl sites for hydroxylation is 1. The van der Waals surface area contributed by atoms with Gasteiger partial charge in [0.05, 0.1) is 11.0 Å². The van der Waals surface area contributed by atoms with Crippen LogP contribution in [0.15, 0.2) is 97.1 Å². The van der Waals surface area contributed by atoms with Crippen molar-refractivity contribution in [3.63, 3.8) is 0 Å². The lowest BCUT2D eigenvalue weighted by Gasteiger charge is -2.33. The first kappa shape index (κ1) is 17.3. The van der Waals surface area contributed by atoms with Gasteiger partial charge in [-0.1, -0.05) is 72.3 Å². The molecule has 2 aliphatic heterocycles. The molecular formula is C31H19BN2. The van der Waals surface area contributed by atoms with E-state index in [9.17, 15) is 0 Å². The maximum atomic E-state index is 2.52. The molecule has 34 heavy (non-hydrogen) atoms. The number of benzene rings is 5. The molecule has 2 aromatic heterocycles. The molecule has 9 rings (SSSR count). The highest BCUT2D eigenvalue weighted by Gasteiger charge is 2.40. The van der Waals surface area contributed by atoms with Gasteiger partial charge in [0.15, 0.2) is 0 Å². The quantitative estimate of drug-likeness (QED) is 0.288. The van der Waals surface area contributed by atoms with Crippen molar-refractivity contribution < 1.29 is 0 Å². The lowest BCUT2D eigenvalue weighted by molar-refractivity contribution is 1.14. The molecule has 0 aliphatic carbocycles. The lowest BCUT2D eigenvalue weighted by atomic mass is 9.34. The van der Waals surface area contributed by atoms with Crippen molar-refractivity contribution in [2.75, 3.05) is 0 Å².